The summed E-state index contributed by atoms with van der Waals surface area (Å²) >= 11 is 0. The molecule has 0 amide bonds. The minimum Gasteiger partial charge on any atom is -0.507 e. The van der Waals surface area contributed by atoms with Gasteiger partial charge in [-0.3, -0.25) is 0 Å². The SMILES string of the molecule is CNCC(O)c1ccc(O)c(C(=O)OC)c1. The summed E-state index contributed by atoms with van der Waals surface area (Å²) in [6.45, 7) is 0.366. The highest BCUT2D eigenvalue weighted by Gasteiger charge is 2.15. The minimum absolute atomic E-state index is 0.0511. The molecule has 0 saturated carbocycles. The number of phenols is 1. The van der Waals surface area contributed by atoms with Crippen molar-refractivity contribution in [2.45, 2.75) is 6.10 Å². The lowest BCUT2D eigenvalue weighted by molar-refractivity contribution is 0.0597. The van der Waals surface area contributed by atoms with E-state index in [-0.39, 0.29) is 11.3 Å². The molecule has 5 heteroatoms. The third kappa shape index (κ3) is 2.71. The van der Waals surface area contributed by atoms with Crippen molar-refractivity contribution in [1.29, 1.82) is 0 Å². The maximum atomic E-state index is 11.3. The van der Waals surface area contributed by atoms with Crippen LogP contribution in [0.25, 0.3) is 0 Å². The Kier molecular flexibility index (Phi) is 4.28. The van der Waals surface area contributed by atoms with E-state index in [1.165, 1.54) is 19.2 Å². The molecule has 5 nitrogen and oxygen atoms in total. The van der Waals surface area contributed by atoms with Crippen molar-refractivity contribution < 1.29 is 19.7 Å². The summed E-state index contributed by atoms with van der Waals surface area (Å²) in [5.41, 5.74) is 0.600. The van der Waals surface area contributed by atoms with Crippen LogP contribution in [-0.2, 0) is 4.74 Å². The molecule has 1 unspecified atom stereocenters. The van der Waals surface area contributed by atoms with Crippen molar-refractivity contribution in [3.05, 3.63) is 29.3 Å². The van der Waals surface area contributed by atoms with Gasteiger partial charge in [-0.25, -0.2) is 4.79 Å². The Balaban J connectivity index is 3.02. The van der Waals surface area contributed by atoms with E-state index in [2.05, 4.69) is 10.1 Å². The van der Waals surface area contributed by atoms with Crippen molar-refractivity contribution in [2.24, 2.45) is 0 Å². The van der Waals surface area contributed by atoms with Gasteiger partial charge in [-0.2, -0.15) is 0 Å². The van der Waals surface area contributed by atoms with Gasteiger partial charge in [0.25, 0.3) is 0 Å². The maximum absolute atomic E-state index is 11.3. The van der Waals surface area contributed by atoms with E-state index in [0.717, 1.165) is 0 Å². The van der Waals surface area contributed by atoms with Gasteiger partial charge in [0.1, 0.15) is 11.3 Å². The van der Waals surface area contributed by atoms with Crippen molar-refractivity contribution in [2.75, 3.05) is 20.7 Å². The first-order valence-electron chi connectivity index (χ1n) is 4.84. The third-order valence-corrected chi connectivity index (χ3v) is 2.21. The van der Waals surface area contributed by atoms with Crippen LogP contribution in [0.15, 0.2) is 18.2 Å². The molecule has 0 aromatic heterocycles. The molecular formula is C11H15NO4. The number of phenolic OH excluding ortho intramolecular Hbond substituents is 1. The molecule has 0 aliphatic carbocycles. The van der Waals surface area contributed by atoms with Gasteiger partial charge in [0.15, 0.2) is 0 Å². The Hall–Kier alpha value is -1.59. The lowest BCUT2D eigenvalue weighted by Crippen LogP contribution is -2.17. The number of likely N-dealkylation sites (N-methyl/N-ethyl adjacent to an activating group) is 1. The van der Waals surface area contributed by atoms with E-state index in [4.69, 9.17) is 0 Å². The number of aromatic hydroxyl groups is 1. The summed E-state index contributed by atoms with van der Waals surface area (Å²) < 4.78 is 4.52. The van der Waals surface area contributed by atoms with Crippen LogP contribution >= 0.6 is 0 Å². The summed E-state index contributed by atoms with van der Waals surface area (Å²) in [5.74, 6) is -0.789. The third-order valence-electron chi connectivity index (χ3n) is 2.21. The number of ether oxygens (including phenoxy) is 1. The summed E-state index contributed by atoms with van der Waals surface area (Å²) in [6, 6.07) is 4.34. The molecule has 0 aliphatic heterocycles. The highest BCUT2D eigenvalue weighted by atomic mass is 16.5. The van der Waals surface area contributed by atoms with Crippen molar-refractivity contribution in [3.63, 3.8) is 0 Å². The first-order valence-corrected chi connectivity index (χ1v) is 4.84. The van der Waals surface area contributed by atoms with Crippen LogP contribution in [0.1, 0.15) is 22.0 Å². The number of benzene rings is 1. The molecule has 1 atom stereocenters. The van der Waals surface area contributed by atoms with E-state index in [1.807, 2.05) is 0 Å². The van der Waals surface area contributed by atoms with Crippen LogP contribution in [0.4, 0.5) is 0 Å². The van der Waals surface area contributed by atoms with Gasteiger partial charge in [-0.05, 0) is 24.7 Å². The second kappa shape index (κ2) is 5.48. The zero-order valence-electron chi connectivity index (χ0n) is 9.23. The van der Waals surface area contributed by atoms with Gasteiger partial charge in [0.2, 0.25) is 0 Å². The number of aliphatic hydroxyl groups is 1. The fraction of sp³-hybridized carbons (Fsp3) is 0.364. The molecule has 88 valence electrons. The second-order valence-corrected chi connectivity index (χ2v) is 3.34. The normalized spacial score (nSPS) is 12.2. The Labute approximate surface area is 93.7 Å². The zero-order chi connectivity index (χ0) is 12.1. The summed E-state index contributed by atoms with van der Waals surface area (Å²) in [6.07, 6.45) is -0.728. The molecule has 3 N–H and O–H groups in total. The molecule has 1 aromatic carbocycles. The molecule has 0 spiro atoms. The number of rotatable bonds is 4. The zero-order valence-corrected chi connectivity index (χ0v) is 9.23. The largest absolute Gasteiger partial charge is 0.507 e. The highest BCUT2D eigenvalue weighted by Crippen LogP contribution is 2.22. The molecule has 0 fully saturated rings. The van der Waals surface area contributed by atoms with Crippen molar-refractivity contribution in [1.82, 2.24) is 5.32 Å². The number of esters is 1. The number of hydrogen-bond acceptors (Lipinski definition) is 5. The van der Waals surface area contributed by atoms with Gasteiger partial charge in [0.05, 0.1) is 13.2 Å². The highest BCUT2D eigenvalue weighted by molar-refractivity contribution is 5.92. The van der Waals surface area contributed by atoms with E-state index in [0.29, 0.717) is 12.1 Å². The maximum Gasteiger partial charge on any atom is 0.341 e. The van der Waals surface area contributed by atoms with Crippen molar-refractivity contribution in [3.8, 4) is 5.75 Å². The molecule has 0 aliphatic rings. The molecule has 0 radical (unpaired) electrons. The van der Waals surface area contributed by atoms with Gasteiger partial charge in [-0.15, -0.1) is 0 Å². The monoisotopic (exact) mass is 225 g/mol. The number of carbonyl (C=O) groups is 1. The quantitative estimate of drug-likeness (QED) is 0.648. The average Bonchev–Trinajstić information content (AvgIpc) is 2.29. The smallest absolute Gasteiger partial charge is 0.341 e. The lowest BCUT2D eigenvalue weighted by Gasteiger charge is -2.12. The Morgan fingerprint density at radius 2 is 2.25 bits per heavy atom. The molecule has 0 bridgehead atoms. The van der Waals surface area contributed by atoms with E-state index < -0.39 is 12.1 Å². The molecule has 0 heterocycles. The topological polar surface area (TPSA) is 78.8 Å². The van der Waals surface area contributed by atoms with Gasteiger partial charge in [-0.1, -0.05) is 6.07 Å². The summed E-state index contributed by atoms with van der Waals surface area (Å²) in [7, 11) is 2.95. The molecule has 0 saturated heterocycles. The first kappa shape index (κ1) is 12.5. The number of carbonyl (C=O) groups excluding carboxylic acids is 1. The molecular weight excluding hydrogens is 210 g/mol. The number of aliphatic hydroxyl groups excluding tert-OH is 1. The van der Waals surface area contributed by atoms with E-state index in [9.17, 15) is 15.0 Å². The number of nitrogens with one attached hydrogen (secondary N) is 1. The van der Waals surface area contributed by atoms with Crippen LogP contribution in [-0.4, -0.2) is 36.9 Å². The predicted molar refractivity (Wildman–Crippen MR) is 58.3 cm³/mol. The van der Waals surface area contributed by atoms with Crippen LogP contribution in [0.5, 0.6) is 5.75 Å². The van der Waals surface area contributed by atoms with E-state index in [1.54, 1.807) is 13.1 Å². The predicted octanol–water partition coefficient (Wildman–Crippen LogP) is 0.432. The number of methoxy groups -OCH3 is 1. The van der Waals surface area contributed by atoms with Gasteiger partial charge < -0.3 is 20.3 Å². The standard InChI is InChI=1S/C11H15NO4/c1-12-6-10(14)7-3-4-9(13)8(5-7)11(15)16-2/h3-5,10,12-14H,6H2,1-2H3. The Morgan fingerprint density at radius 3 is 2.81 bits per heavy atom. The van der Waals surface area contributed by atoms with Crippen LogP contribution < -0.4 is 5.32 Å². The van der Waals surface area contributed by atoms with Gasteiger partial charge >= 0.3 is 5.97 Å². The van der Waals surface area contributed by atoms with Crippen LogP contribution in [0.3, 0.4) is 0 Å². The lowest BCUT2D eigenvalue weighted by atomic mass is 10.1. The van der Waals surface area contributed by atoms with Crippen molar-refractivity contribution >= 4 is 5.97 Å². The van der Waals surface area contributed by atoms with Gasteiger partial charge in [0, 0.05) is 6.54 Å². The summed E-state index contributed by atoms with van der Waals surface area (Å²) in [5, 5.41) is 22.0. The fourth-order valence-corrected chi connectivity index (χ4v) is 1.35. The van der Waals surface area contributed by atoms with Crippen LogP contribution in [0.2, 0.25) is 0 Å². The summed E-state index contributed by atoms with van der Waals surface area (Å²) in [4.78, 5) is 11.3. The van der Waals surface area contributed by atoms with Crippen LogP contribution in [0, 0.1) is 0 Å². The molecule has 16 heavy (non-hydrogen) atoms. The fourth-order valence-electron chi connectivity index (χ4n) is 1.35. The average molecular weight is 225 g/mol. The number of hydrogen-bond donors (Lipinski definition) is 3. The first-order chi connectivity index (χ1) is 7.60. The minimum atomic E-state index is -0.728. The van der Waals surface area contributed by atoms with E-state index >= 15 is 0 Å². The second-order valence-electron chi connectivity index (χ2n) is 3.34. The Bertz CT molecular complexity index is 378. The molecule has 1 rings (SSSR count). The Morgan fingerprint density at radius 1 is 1.56 bits per heavy atom. The molecule has 1 aromatic rings.